The largest absolute Gasteiger partial charge is 0.308 e. The average Bonchev–Trinajstić information content (AvgIpc) is 2.30. The van der Waals surface area contributed by atoms with E-state index in [1.807, 2.05) is 12.3 Å². The first kappa shape index (κ1) is 12.2. The van der Waals surface area contributed by atoms with Gasteiger partial charge in [-0.1, -0.05) is 33.3 Å². The van der Waals surface area contributed by atoms with E-state index < -0.39 is 0 Å². The first-order chi connectivity index (χ1) is 7.29. The van der Waals surface area contributed by atoms with E-state index in [4.69, 9.17) is 0 Å². The van der Waals surface area contributed by atoms with Gasteiger partial charge in [-0.2, -0.15) is 0 Å². The number of nitrogens with zero attached hydrogens (tertiary/aromatic N) is 1. The molecule has 15 heavy (non-hydrogen) atoms. The lowest BCUT2D eigenvalue weighted by atomic mass is 9.96. The van der Waals surface area contributed by atoms with Crippen molar-refractivity contribution in [1.82, 2.24) is 10.3 Å². The highest BCUT2D eigenvalue weighted by Gasteiger charge is 2.17. The minimum Gasteiger partial charge on any atom is -0.308 e. The van der Waals surface area contributed by atoms with E-state index in [0.717, 1.165) is 6.54 Å². The fourth-order valence-corrected chi connectivity index (χ4v) is 1.69. The predicted octanol–water partition coefficient (Wildman–Crippen LogP) is 3.17. The summed E-state index contributed by atoms with van der Waals surface area (Å²) in [5.74, 6) is 0.631. The van der Waals surface area contributed by atoms with Crippen LogP contribution in [0.25, 0.3) is 0 Å². The van der Waals surface area contributed by atoms with E-state index >= 15 is 0 Å². The molecule has 0 spiro atoms. The van der Waals surface area contributed by atoms with Crippen LogP contribution in [0.15, 0.2) is 24.4 Å². The second-order valence-electron chi connectivity index (χ2n) is 4.07. The van der Waals surface area contributed by atoms with Gasteiger partial charge in [0, 0.05) is 6.20 Å². The molecule has 2 heteroatoms. The van der Waals surface area contributed by atoms with Crippen LogP contribution in [-0.2, 0) is 0 Å². The average molecular weight is 206 g/mol. The minimum atomic E-state index is 0.399. The molecule has 84 valence electrons. The molecule has 0 bridgehead atoms. The maximum absolute atomic E-state index is 4.44. The molecule has 2 unspecified atom stereocenters. The highest BCUT2D eigenvalue weighted by molar-refractivity contribution is 5.09. The highest BCUT2D eigenvalue weighted by atomic mass is 14.9. The molecule has 0 fully saturated rings. The summed E-state index contributed by atoms with van der Waals surface area (Å²) in [6, 6.07) is 6.54. The fraction of sp³-hybridized carbons (Fsp3) is 0.615. The number of hydrogen-bond acceptors (Lipinski definition) is 2. The van der Waals surface area contributed by atoms with Crippen molar-refractivity contribution >= 4 is 0 Å². The van der Waals surface area contributed by atoms with Crippen LogP contribution in [0.1, 0.15) is 45.3 Å². The molecule has 1 N–H and O–H groups in total. The summed E-state index contributed by atoms with van der Waals surface area (Å²) in [6.45, 7) is 7.76. The maximum atomic E-state index is 4.44. The van der Waals surface area contributed by atoms with Crippen LogP contribution >= 0.6 is 0 Å². The zero-order valence-corrected chi connectivity index (χ0v) is 10.0. The molecule has 0 aliphatic carbocycles. The monoisotopic (exact) mass is 206 g/mol. The normalized spacial score (nSPS) is 14.9. The second-order valence-corrected chi connectivity index (χ2v) is 4.07. The lowest BCUT2D eigenvalue weighted by Crippen LogP contribution is -2.28. The zero-order chi connectivity index (χ0) is 11.1. The third-order valence-corrected chi connectivity index (χ3v) is 2.83. The lowest BCUT2D eigenvalue weighted by molar-refractivity contribution is 0.370. The van der Waals surface area contributed by atoms with E-state index in [9.17, 15) is 0 Å². The molecular weight excluding hydrogens is 184 g/mol. The van der Waals surface area contributed by atoms with Gasteiger partial charge in [0.25, 0.3) is 0 Å². The molecule has 1 heterocycles. The molecule has 0 amide bonds. The highest BCUT2D eigenvalue weighted by Crippen LogP contribution is 2.22. The van der Waals surface area contributed by atoms with Gasteiger partial charge in [0.1, 0.15) is 0 Å². The second kappa shape index (κ2) is 6.57. The van der Waals surface area contributed by atoms with E-state index in [-0.39, 0.29) is 0 Å². The van der Waals surface area contributed by atoms with Crippen molar-refractivity contribution in [2.45, 2.75) is 39.7 Å². The van der Waals surface area contributed by atoms with Crippen LogP contribution < -0.4 is 5.32 Å². The van der Waals surface area contributed by atoms with E-state index in [0.29, 0.717) is 12.0 Å². The summed E-state index contributed by atoms with van der Waals surface area (Å²) in [5, 5.41) is 3.57. The summed E-state index contributed by atoms with van der Waals surface area (Å²) in [4.78, 5) is 4.44. The smallest absolute Gasteiger partial charge is 0.0575 e. The lowest BCUT2D eigenvalue weighted by Gasteiger charge is -2.23. The van der Waals surface area contributed by atoms with Crippen LogP contribution in [0, 0.1) is 5.92 Å². The first-order valence-electron chi connectivity index (χ1n) is 5.93. The van der Waals surface area contributed by atoms with Crippen molar-refractivity contribution in [3.8, 4) is 0 Å². The Kier molecular flexibility index (Phi) is 5.33. The molecule has 1 aromatic heterocycles. The Morgan fingerprint density at radius 1 is 1.33 bits per heavy atom. The van der Waals surface area contributed by atoms with Gasteiger partial charge in [-0.05, 0) is 31.0 Å². The van der Waals surface area contributed by atoms with Crippen molar-refractivity contribution in [3.63, 3.8) is 0 Å². The van der Waals surface area contributed by atoms with Crippen LogP contribution in [0.5, 0.6) is 0 Å². The maximum Gasteiger partial charge on any atom is 0.0575 e. The Labute approximate surface area is 93.1 Å². The molecule has 0 saturated heterocycles. The van der Waals surface area contributed by atoms with E-state index in [2.05, 4.69) is 43.2 Å². The number of rotatable bonds is 6. The number of pyridine rings is 1. The van der Waals surface area contributed by atoms with Gasteiger partial charge in [-0.25, -0.2) is 0 Å². The zero-order valence-electron chi connectivity index (χ0n) is 10.0. The molecule has 0 aliphatic rings. The molecule has 0 saturated carbocycles. The molecule has 1 aromatic rings. The number of aromatic nitrogens is 1. The van der Waals surface area contributed by atoms with Crippen molar-refractivity contribution in [2.24, 2.45) is 5.92 Å². The molecular formula is C13H22N2. The SMILES string of the molecule is CCCNC(c1ccccn1)C(C)CC. The van der Waals surface area contributed by atoms with Crippen LogP contribution in [-0.4, -0.2) is 11.5 Å². The Morgan fingerprint density at radius 3 is 2.67 bits per heavy atom. The van der Waals surface area contributed by atoms with Gasteiger partial charge in [0.2, 0.25) is 0 Å². The molecule has 1 rings (SSSR count). The van der Waals surface area contributed by atoms with Crippen molar-refractivity contribution < 1.29 is 0 Å². The van der Waals surface area contributed by atoms with Crippen molar-refractivity contribution in [1.29, 1.82) is 0 Å². The van der Waals surface area contributed by atoms with E-state index in [1.165, 1.54) is 18.5 Å². The predicted molar refractivity (Wildman–Crippen MR) is 64.7 cm³/mol. The number of nitrogens with one attached hydrogen (secondary N) is 1. The van der Waals surface area contributed by atoms with Gasteiger partial charge in [-0.3, -0.25) is 4.98 Å². The molecule has 2 atom stereocenters. The molecule has 2 nitrogen and oxygen atoms in total. The van der Waals surface area contributed by atoms with Gasteiger partial charge in [0.15, 0.2) is 0 Å². The quantitative estimate of drug-likeness (QED) is 0.773. The van der Waals surface area contributed by atoms with E-state index in [1.54, 1.807) is 0 Å². The van der Waals surface area contributed by atoms with Gasteiger partial charge in [-0.15, -0.1) is 0 Å². The van der Waals surface area contributed by atoms with Crippen LogP contribution in [0.4, 0.5) is 0 Å². The summed E-state index contributed by atoms with van der Waals surface area (Å²) in [7, 11) is 0. The standard InChI is InChI=1S/C13H22N2/c1-4-9-15-13(11(3)5-2)12-8-6-7-10-14-12/h6-8,10-11,13,15H,4-5,9H2,1-3H3. The third-order valence-electron chi connectivity index (χ3n) is 2.83. The molecule has 0 radical (unpaired) electrons. The summed E-state index contributed by atoms with van der Waals surface area (Å²) in [6.07, 6.45) is 4.22. The first-order valence-corrected chi connectivity index (χ1v) is 5.93. The third kappa shape index (κ3) is 3.63. The van der Waals surface area contributed by atoms with Gasteiger partial charge >= 0.3 is 0 Å². The summed E-state index contributed by atoms with van der Waals surface area (Å²) in [5.41, 5.74) is 1.17. The number of hydrogen-bond donors (Lipinski definition) is 1. The van der Waals surface area contributed by atoms with Crippen molar-refractivity contribution in [2.75, 3.05) is 6.54 Å². The van der Waals surface area contributed by atoms with Crippen LogP contribution in [0.2, 0.25) is 0 Å². The summed E-state index contributed by atoms with van der Waals surface area (Å²) < 4.78 is 0. The van der Waals surface area contributed by atoms with Crippen molar-refractivity contribution in [3.05, 3.63) is 30.1 Å². The minimum absolute atomic E-state index is 0.399. The molecule has 0 aromatic carbocycles. The Balaban J connectivity index is 2.72. The summed E-state index contributed by atoms with van der Waals surface area (Å²) >= 11 is 0. The molecule has 0 aliphatic heterocycles. The van der Waals surface area contributed by atoms with Gasteiger partial charge in [0.05, 0.1) is 11.7 Å². The topological polar surface area (TPSA) is 24.9 Å². The van der Waals surface area contributed by atoms with Crippen LogP contribution in [0.3, 0.4) is 0 Å². The fourth-order valence-electron chi connectivity index (χ4n) is 1.69. The van der Waals surface area contributed by atoms with Gasteiger partial charge < -0.3 is 5.32 Å². The Morgan fingerprint density at radius 2 is 2.13 bits per heavy atom. The Hall–Kier alpha value is -0.890. The Bertz CT molecular complexity index is 258.